The number of H-pyrrole nitrogens is 1. The summed E-state index contributed by atoms with van der Waals surface area (Å²) in [6.45, 7) is 8.11. The molecule has 8 rings (SSSR count). The summed E-state index contributed by atoms with van der Waals surface area (Å²) < 4.78 is 47.6. The smallest absolute Gasteiger partial charge is 0.390 e. The van der Waals surface area contributed by atoms with Crippen molar-refractivity contribution in [3.05, 3.63) is 51.6 Å². The van der Waals surface area contributed by atoms with Crippen molar-refractivity contribution in [2.45, 2.75) is 96.3 Å². The SMILES string of the molecule is CC[C@H]1O[C@@H](n2cnc3c(N)ncnc32)[C@@H](C)C1O[P+](O)(S)OC[C@H]1O[C@@H](n2cnc3c(=O)[nH]c(N)nc32)[C@@H](C)C1O[P+](O)(S)OC[C@H]1O[C@@H](n2cc(C)c(N)nc2=O)[C@@H](C)C1O. The number of thiol groups is 2. The summed E-state index contributed by atoms with van der Waals surface area (Å²) in [5.41, 5.74) is 18.0. The normalized spacial score (nSPS) is 31.8. The summed E-state index contributed by atoms with van der Waals surface area (Å²) in [5, 5.41) is 11.1. The molecule has 342 valence electrons. The first kappa shape index (κ1) is 45.9. The zero-order valence-electron chi connectivity index (χ0n) is 34.4. The topological polar surface area (TPSA) is 345 Å². The maximum absolute atomic E-state index is 12.7. The van der Waals surface area contributed by atoms with Crippen LogP contribution in [0.2, 0.25) is 0 Å². The van der Waals surface area contributed by atoms with Gasteiger partial charge in [0.05, 0.1) is 49.4 Å². The summed E-state index contributed by atoms with van der Waals surface area (Å²) >= 11 is 8.84. The third-order valence-corrected chi connectivity index (χ3v) is 14.8. The van der Waals surface area contributed by atoms with Gasteiger partial charge in [-0.1, -0.05) is 27.7 Å². The molecule has 0 saturated carbocycles. The van der Waals surface area contributed by atoms with E-state index >= 15 is 0 Å². The molecular formula is C34H49N13O12P2S2+2. The van der Waals surface area contributed by atoms with E-state index in [9.17, 15) is 24.5 Å². The second-order valence-corrected chi connectivity index (χ2v) is 21.7. The van der Waals surface area contributed by atoms with Gasteiger partial charge in [-0.2, -0.15) is 37.8 Å². The molecule has 10 N–H and O–H groups in total. The van der Waals surface area contributed by atoms with Crippen molar-refractivity contribution in [1.82, 2.24) is 48.6 Å². The number of hydrogen-bond acceptors (Lipinski definition) is 23. The molecule has 0 aliphatic carbocycles. The quantitative estimate of drug-likeness (QED) is 0.0564. The number of nitrogens with two attached hydrogens (primary N) is 3. The lowest BCUT2D eigenvalue weighted by Crippen LogP contribution is -2.34. The standard InChI is InChI=1S/C34H47N13O12P2S2/c1-6-17-23(15(4)31(55-17)46-11-40-20-26(36)38-10-39-27(20)46)58-61(52,63)54-9-19-24(16(5)32(57-19)47-12-41-21-28(47)43-33(37)44-29(21)49)59-60(51,62)53-8-18-22(48)14(3)30(56-18)45-7-13(2)25(35)42-34(45)50/h7,10-12,14-19,22-24,30-32,48,51-52,62-63H,6,8-9H2,1-5H3,(H5-2,35,36,37,38,39,42,43,44,49,50)/p+2/t14-,15-,16-,17+,18+,19+,22?,23?,24?,30+,31+,32+,60?,61?/m0/s1. The highest BCUT2D eigenvalue weighted by Crippen LogP contribution is 2.67. The molecule has 0 radical (unpaired) electrons. The van der Waals surface area contributed by atoms with Crippen molar-refractivity contribution in [1.29, 1.82) is 0 Å². The van der Waals surface area contributed by atoms with Crippen LogP contribution < -0.4 is 28.5 Å². The number of nitrogens with zero attached hydrogens (tertiary/aromatic N) is 9. The minimum atomic E-state index is -4.10. The third kappa shape index (κ3) is 8.89. The lowest BCUT2D eigenvalue weighted by atomic mass is 10.0. The maximum atomic E-state index is 12.7. The molecule has 63 heavy (non-hydrogen) atoms. The van der Waals surface area contributed by atoms with Crippen LogP contribution in [0.25, 0.3) is 22.3 Å². The van der Waals surface area contributed by atoms with Crippen molar-refractivity contribution in [3.8, 4) is 0 Å². The van der Waals surface area contributed by atoms with Gasteiger partial charge >= 0.3 is 20.0 Å². The van der Waals surface area contributed by atoms with Crippen molar-refractivity contribution in [2.75, 3.05) is 30.4 Å². The van der Waals surface area contributed by atoms with Gasteiger partial charge in [-0.3, -0.25) is 23.5 Å². The van der Waals surface area contributed by atoms with Crippen LogP contribution in [0.5, 0.6) is 0 Å². The second kappa shape index (κ2) is 17.6. The van der Waals surface area contributed by atoms with E-state index in [0.29, 0.717) is 23.1 Å². The fourth-order valence-corrected chi connectivity index (χ4v) is 11.4. The van der Waals surface area contributed by atoms with Crippen LogP contribution in [0.4, 0.5) is 17.6 Å². The minimum Gasteiger partial charge on any atom is -0.390 e. The number of aryl methyl sites for hydroxylation is 1. The number of nitrogens with one attached hydrogen (secondary N) is 1. The molecule has 3 aliphatic rings. The first-order chi connectivity index (χ1) is 29.8. The molecule has 3 saturated heterocycles. The number of imidazole rings is 2. The summed E-state index contributed by atoms with van der Waals surface area (Å²) in [5.74, 6) is -1.51. The molecular weight excluding hydrogens is 909 g/mol. The van der Waals surface area contributed by atoms with Gasteiger partial charge in [0.15, 0.2) is 22.6 Å². The van der Waals surface area contributed by atoms with Crippen LogP contribution in [0.1, 0.15) is 58.4 Å². The Labute approximate surface area is 369 Å². The van der Waals surface area contributed by atoms with Crippen LogP contribution in [-0.2, 0) is 32.3 Å². The highest BCUT2D eigenvalue weighted by atomic mass is 32.7. The molecule has 14 atom stereocenters. The number of aliphatic hydroxyl groups excluding tert-OH is 1. The summed E-state index contributed by atoms with van der Waals surface area (Å²) in [7, 11) is -8.07. The van der Waals surface area contributed by atoms with Gasteiger partial charge in [0.1, 0.15) is 74.0 Å². The highest BCUT2D eigenvalue weighted by molar-refractivity contribution is 8.47. The molecule has 8 heterocycles. The first-order valence-electron chi connectivity index (χ1n) is 19.8. The lowest BCUT2D eigenvalue weighted by Gasteiger charge is -2.24. The highest BCUT2D eigenvalue weighted by Gasteiger charge is 2.57. The molecule has 0 bridgehead atoms. The maximum Gasteiger partial charge on any atom is 0.475 e. The van der Waals surface area contributed by atoms with Gasteiger partial charge in [0, 0.05) is 29.5 Å². The van der Waals surface area contributed by atoms with Crippen LogP contribution in [0.3, 0.4) is 0 Å². The Morgan fingerprint density at radius 2 is 1.32 bits per heavy atom. The number of fused-ring (bicyclic) bond motifs is 2. The van der Waals surface area contributed by atoms with E-state index in [1.54, 1.807) is 31.7 Å². The molecule has 0 amide bonds. The molecule has 5 unspecified atom stereocenters. The number of anilines is 3. The predicted molar refractivity (Wildman–Crippen MR) is 233 cm³/mol. The van der Waals surface area contributed by atoms with E-state index in [4.69, 9.17) is 49.5 Å². The Balaban J connectivity index is 0.992. The number of aromatic amines is 1. The van der Waals surface area contributed by atoms with Crippen molar-refractivity contribution in [3.63, 3.8) is 0 Å². The molecule has 3 aliphatic heterocycles. The fraction of sp³-hybridized carbons (Fsp3) is 0.588. The van der Waals surface area contributed by atoms with Gasteiger partial charge < -0.3 is 36.5 Å². The zero-order valence-corrected chi connectivity index (χ0v) is 38.0. The Hall–Kier alpha value is -3.66. The lowest BCUT2D eigenvalue weighted by molar-refractivity contribution is -0.0537. The van der Waals surface area contributed by atoms with Gasteiger partial charge in [-0.15, -0.1) is 0 Å². The summed E-state index contributed by atoms with van der Waals surface area (Å²) in [6, 6.07) is 0. The van der Waals surface area contributed by atoms with Crippen molar-refractivity contribution in [2.24, 2.45) is 17.8 Å². The summed E-state index contributed by atoms with van der Waals surface area (Å²) in [4.78, 5) is 75.9. The monoisotopic (exact) mass is 957 g/mol. The molecule has 5 aromatic heterocycles. The molecule has 0 aromatic carbocycles. The van der Waals surface area contributed by atoms with E-state index in [0.717, 1.165) is 0 Å². The van der Waals surface area contributed by atoms with Gasteiger partial charge in [-0.05, 0) is 13.3 Å². The van der Waals surface area contributed by atoms with Gasteiger partial charge in [-0.25, -0.2) is 24.7 Å². The van der Waals surface area contributed by atoms with Crippen molar-refractivity contribution < 1.29 is 47.2 Å². The van der Waals surface area contributed by atoms with Gasteiger partial charge in [0.25, 0.3) is 5.56 Å². The van der Waals surface area contributed by atoms with Crippen LogP contribution in [-0.4, -0.2) is 113 Å². The Kier molecular flexibility index (Phi) is 12.8. The average Bonchev–Trinajstić information content (AvgIpc) is 4.03. The summed E-state index contributed by atoms with van der Waals surface area (Å²) in [6.07, 6.45) is -1.76. The zero-order chi connectivity index (χ0) is 45.3. The number of rotatable bonds is 14. The first-order valence-corrected chi connectivity index (χ1v) is 25.2. The van der Waals surface area contributed by atoms with Crippen molar-refractivity contribution >= 4 is 78.7 Å². The Bertz CT molecular complexity index is 2600. The van der Waals surface area contributed by atoms with E-state index in [1.807, 2.05) is 13.8 Å². The third-order valence-electron chi connectivity index (χ3n) is 11.5. The number of ether oxygens (including phenoxy) is 3. The number of aliphatic hydroxyl groups is 1. The van der Waals surface area contributed by atoms with Gasteiger partial charge in [0.2, 0.25) is 5.95 Å². The largest absolute Gasteiger partial charge is 0.475 e. The molecule has 5 aromatic rings. The Morgan fingerprint density at radius 1 is 0.762 bits per heavy atom. The molecule has 29 heteroatoms. The molecule has 3 fully saturated rings. The molecule has 25 nitrogen and oxygen atoms in total. The molecule has 0 spiro atoms. The van der Waals surface area contributed by atoms with E-state index < -0.39 is 106 Å². The van der Waals surface area contributed by atoms with E-state index in [2.05, 4.69) is 59.4 Å². The van der Waals surface area contributed by atoms with E-state index in [-0.39, 0.29) is 34.7 Å². The second-order valence-electron chi connectivity index (χ2n) is 15.7. The Morgan fingerprint density at radius 3 is 1.97 bits per heavy atom. The minimum absolute atomic E-state index is 0.00566. The predicted octanol–water partition coefficient (Wildman–Crippen LogP) is 1.65. The fourth-order valence-electron chi connectivity index (χ4n) is 8.20. The van der Waals surface area contributed by atoms with Crippen LogP contribution >= 0.6 is 38.8 Å². The number of nitrogen functional groups attached to an aromatic ring is 3. The van der Waals surface area contributed by atoms with Crippen LogP contribution in [0.15, 0.2) is 34.8 Å². The number of hydrogen-bond donors (Lipinski definition) is 9. The average molecular weight is 958 g/mol. The number of aromatic nitrogens is 10. The van der Waals surface area contributed by atoms with E-state index in [1.165, 1.54) is 28.0 Å². The van der Waals surface area contributed by atoms with Crippen LogP contribution in [0, 0.1) is 24.7 Å².